The molecule has 0 radical (unpaired) electrons. The summed E-state index contributed by atoms with van der Waals surface area (Å²) in [6.07, 6.45) is 6.56. The molecule has 0 aliphatic carbocycles. The molecule has 0 saturated carbocycles. The van der Waals surface area contributed by atoms with Crippen LogP contribution in [0.5, 0.6) is 23.0 Å². The van der Waals surface area contributed by atoms with Crippen molar-refractivity contribution in [2.24, 2.45) is 0 Å². The number of carbonyl (C=O) groups is 1. The lowest BCUT2D eigenvalue weighted by atomic mass is 10.1. The summed E-state index contributed by atoms with van der Waals surface area (Å²) in [6, 6.07) is 8.95. The highest BCUT2D eigenvalue weighted by Gasteiger charge is 2.15. The first-order valence-electron chi connectivity index (χ1n) is 9.03. The van der Waals surface area contributed by atoms with E-state index in [0.29, 0.717) is 11.1 Å². The number of benzene rings is 2. The fourth-order valence-electron chi connectivity index (χ4n) is 2.40. The molecular formula is C22H22O9S. The third kappa shape index (κ3) is 7.18. The molecule has 2 N–H and O–H groups in total. The van der Waals surface area contributed by atoms with Gasteiger partial charge in [0.05, 0.1) is 21.3 Å². The minimum atomic E-state index is -4.20. The summed E-state index contributed by atoms with van der Waals surface area (Å²) in [5.74, 6) is -0.464. The number of hydrogen-bond donors (Lipinski definition) is 2. The molecule has 0 atom stereocenters. The smallest absolute Gasteiger partial charge is 0.448 e. The predicted molar refractivity (Wildman–Crippen MR) is 118 cm³/mol. The van der Waals surface area contributed by atoms with Gasteiger partial charge in [-0.05, 0) is 47.5 Å². The molecule has 0 amide bonds. The number of ether oxygens (including phenoxy) is 2. The van der Waals surface area contributed by atoms with E-state index in [-0.39, 0.29) is 28.8 Å². The standard InChI is InChI=1S/C22H22O9S/c1-28-21-12-15(6-10-19(21)25)4-8-17(23)14-18(24)9-5-16-7-11-20(22(13-16)29-2)31-32(26,27)30-3/h4-14,24-25H,1-3H3/b8-4+,9-5+,18-14-. The number of aliphatic hydroxyl groups is 1. The molecule has 0 heterocycles. The molecule has 2 aromatic rings. The number of allylic oxidation sites excluding steroid dienone is 3. The van der Waals surface area contributed by atoms with Gasteiger partial charge in [-0.15, -0.1) is 0 Å². The number of rotatable bonds is 10. The number of phenolic OH excluding ortho intramolecular Hbond substituents is 1. The minimum absolute atomic E-state index is 0.0183. The summed E-state index contributed by atoms with van der Waals surface area (Å²) in [7, 11) is -0.485. The van der Waals surface area contributed by atoms with E-state index in [4.69, 9.17) is 13.7 Å². The highest BCUT2D eigenvalue weighted by molar-refractivity contribution is 7.82. The first kappa shape index (κ1) is 24.5. The van der Waals surface area contributed by atoms with E-state index >= 15 is 0 Å². The van der Waals surface area contributed by atoms with Crippen LogP contribution in [0, 0.1) is 0 Å². The zero-order valence-electron chi connectivity index (χ0n) is 17.5. The summed E-state index contributed by atoms with van der Waals surface area (Å²) in [6.45, 7) is 0. The molecule has 2 aromatic carbocycles. The third-order valence-electron chi connectivity index (χ3n) is 3.96. The third-order valence-corrected chi connectivity index (χ3v) is 4.76. The number of phenols is 1. The van der Waals surface area contributed by atoms with Crippen molar-refractivity contribution in [3.8, 4) is 23.0 Å². The van der Waals surface area contributed by atoms with Gasteiger partial charge >= 0.3 is 10.4 Å². The van der Waals surface area contributed by atoms with Crippen molar-refractivity contribution in [1.82, 2.24) is 0 Å². The molecule has 0 aromatic heterocycles. The first-order valence-corrected chi connectivity index (χ1v) is 10.4. The topological polar surface area (TPSA) is 129 Å². The van der Waals surface area contributed by atoms with E-state index in [0.717, 1.165) is 13.2 Å². The van der Waals surface area contributed by atoms with E-state index < -0.39 is 16.2 Å². The molecule has 0 spiro atoms. The van der Waals surface area contributed by atoms with Gasteiger partial charge in [0.15, 0.2) is 28.8 Å². The monoisotopic (exact) mass is 462 g/mol. The summed E-state index contributed by atoms with van der Waals surface area (Å²) in [5.41, 5.74) is 1.17. The number of hydrogen-bond acceptors (Lipinski definition) is 9. The van der Waals surface area contributed by atoms with Crippen LogP contribution in [0.1, 0.15) is 11.1 Å². The largest absolute Gasteiger partial charge is 0.508 e. The molecule has 0 fully saturated rings. The number of aromatic hydroxyl groups is 1. The van der Waals surface area contributed by atoms with Crippen molar-refractivity contribution in [2.45, 2.75) is 0 Å². The van der Waals surface area contributed by atoms with Crippen LogP contribution in [0.15, 0.2) is 60.4 Å². The highest BCUT2D eigenvalue weighted by atomic mass is 32.3. The molecule has 0 aliphatic heterocycles. The van der Waals surface area contributed by atoms with Crippen molar-refractivity contribution in [3.05, 3.63) is 71.5 Å². The van der Waals surface area contributed by atoms with Crippen molar-refractivity contribution < 1.29 is 41.3 Å². The zero-order chi connectivity index (χ0) is 23.7. The highest BCUT2D eigenvalue weighted by Crippen LogP contribution is 2.30. The zero-order valence-corrected chi connectivity index (χ0v) is 18.3. The van der Waals surface area contributed by atoms with Gasteiger partial charge in [0.25, 0.3) is 0 Å². The second kappa shape index (κ2) is 11.0. The molecule has 0 bridgehead atoms. The van der Waals surface area contributed by atoms with Gasteiger partial charge in [-0.2, -0.15) is 8.42 Å². The Balaban J connectivity index is 2.09. The second-order valence-electron chi connectivity index (χ2n) is 6.14. The fraction of sp³-hybridized carbons (Fsp3) is 0.136. The first-order chi connectivity index (χ1) is 15.2. The number of aliphatic hydroxyl groups excluding tert-OH is 1. The van der Waals surface area contributed by atoms with Gasteiger partial charge in [0.2, 0.25) is 0 Å². The lowest BCUT2D eigenvalue weighted by molar-refractivity contribution is -0.110. The van der Waals surface area contributed by atoms with Gasteiger partial charge in [-0.3, -0.25) is 4.79 Å². The summed E-state index contributed by atoms with van der Waals surface area (Å²) in [5, 5.41) is 19.6. The van der Waals surface area contributed by atoms with Gasteiger partial charge in [0.1, 0.15) is 5.76 Å². The van der Waals surface area contributed by atoms with Crippen LogP contribution in [-0.2, 0) is 19.4 Å². The van der Waals surface area contributed by atoms with Gasteiger partial charge in [0, 0.05) is 6.08 Å². The Morgan fingerprint density at radius 3 is 2.09 bits per heavy atom. The SMILES string of the molecule is COc1cc(/C=C/C(=O)/C=C(O)/C=C/c2ccc(OS(=O)(=O)OC)c(OC)c2)ccc1O. The summed E-state index contributed by atoms with van der Waals surface area (Å²) in [4.78, 5) is 12.0. The van der Waals surface area contributed by atoms with Crippen LogP contribution in [-0.4, -0.2) is 45.7 Å². The lowest BCUT2D eigenvalue weighted by Crippen LogP contribution is -2.11. The quantitative estimate of drug-likeness (QED) is 0.310. The molecule has 170 valence electrons. The lowest BCUT2D eigenvalue weighted by Gasteiger charge is -2.09. The Kier molecular flexibility index (Phi) is 8.45. The minimum Gasteiger partial charge on any atom is -0.508 e. The van der Waals surface area contributed by atoms with Crippen LogP contribution in [0.3, 0.4) is 0 Å². The molecule has 0 saturated heterocycles. The van der Waals surface area contributed by atoms with Crippen LogP contribution in [0.2, 0.25) is 0 Å². The van der Waals surface area contributed by atoms with Crippen LogP contribution in [0.25, 0.3) is 12.2 Å². The average Bonchev–Trinajstić information content (AvgIpc) is 2.77. The molecule has 10 heteroatoms. The Hall–Kier alpha value is -3.76. The van der Waals surface area contributed by atoms with Gasteiger partial charge in [-0.1, -0.05) is 24.3 Å². The molecule has 32 heavy (non-hydrogen) atoms. The predicted octanol–water partition coefficient (Wildman–Crippen LogP) is 3.42. The van der Waals surface area contributed by atoms with Crippen LogP contribution in [0.4, 0.5) is 0 Å². The average molecular weight is 462 g/mol. The normalized spacial score (nSPS) is 12.3. The van der Waals surface area contributed by atoms with Gasteiger partial charge < -0.3 is 23.9 Å². The van der Waals surface area contributed by atoms with Gasteiger partial charge in [-0.25, -0.2) is 4.18 Å². The van der Waals surface area contributed by atoms with E-state index in [1.807, 2.05) is 0 Å². The molecular weight excluding hydrogens is 440 g/mol. The molecule has 2 rings (SSSR count). The Morgan fingerprint density at radius 2 is 1.47 bits per heavy atom. The number of carbonyl (C=O) groups excluding carboxylic acids is 1. The maximum Gasteiger partial charge on any atom is 0.448 e. The molecule has 0 aliphatic rings. The summed E-state index contributed by atoms with van der Waals surface area (Å²) < 4.78 is 41.9. The number of ketones is 1. The van der Waals surface area contributed by atoms with Crippen LogP contribution < -0.4 is 13.7 Å². The van der Waals surface area contributed by atoms with Crippen molar-refractivity contribution in [1.29, 1.82) is 0 Å². The van der Waals surface area contributed by atoms with E-state index in [2.05, 4.69) is 4.18 Å². The molecule has 0 unspecified atom stereocenters. The van der Waals surface area contributed by atoms with E-state index in [9.17, 15) is 23.4 Å². The maximum absolute atomic E-state index is 12.0. The number of methoxy groups -OCH3 is 2. The Labute approximate surface area is 185 Å². The van der Waals surface area contributed by atoms with Crippen molar-refractivity contribution in [3.63, 3.8) is 0 Å². The van der Waals surface area contributed by atoms with Crippen molar-refractivity contribution >= 4 is 28.3 Å². The van der Waals surface area contributed by atoms with E-state index in [1.54, 1.807) is 12.1 Å². The maximum atomic E-state index is 12.0. The fourth-order valence-corrected chi connectivity index (χ4v) is 2.83. The Morgan fingerprint density at radius 1 is 0.875 bits per heavy atom. The Bertz CT molecular complexity index is 1160. The van der Waals surface area contributed by atoms with Crippen LogP contribution >= 0.6 is 0 Å². The second-order valence-corrected chi connectivity index (χ2v) is 7.45. The van der Waals surface area contributed by atoms with E-state index in [1.165, 1.54) is 62.8 Å². The summed E-state index contributed by atoms with van der Waals surface area (Å²) >= 11 is 0. The van der Waals surface area contributed by atoms with Crippen molar-refractivity contribution in [2.75, 3.05) is 21.3 Å². The molecule has 9 nitrogen and oxygen atoms in total.